The average Bonchev–Trinajstić information content (AvgIpc) is 2.77. The lowest BCUT2D eigenvalue weighted by atomic mass is 10.0. The number of carbonyl (C=O) groups is 1. The minimum Gasteiger partial charge on any atom is -0.483 e. The van der Waals surface area contributed by atoms with E-state index in [1.54, 1.807) is 17.3 Å². The van der Waals surface area contributed by atoms with E-state index in [1.165, 1.54) is 5.56 Å². The molecule has 0 fully saturated rings. The van der Waals surface area contributed by atoms with Gasteiger partial charge in [-0.3, -0.25) is 9.78 Å². The Morgan fingerprint density at radius 3 is 2.52 bits per heavy atom. The molecule has 29 heavy (non-hydrogen) atoms. The van der Waals surface area contributed by atoms with Crippen LogP contribution in [-0.2, 0) is 17.8 Å². The molecule has 0 bridgehead atoms. The standard InChI is InChI=1S/C24H23N3O2/c25-13-7-15-27(18-21-10-6-14-26-17-21)24(28)19-29-23-12-5-4-11-22(23)16-20-8-2-1-3-9-20/h1-6,8-12,14,17H,7,15-16,18-19H2. The molecule has 0 saturated carbocycles. The van der Waals surface area contributed by atoms with Crippen LogP contribution in [0.3, 0.4) is 0 Å². The van der Waals surface area contributed by atoms with Gasteiger partial charge >= 0.3 is 0 Å². The Hall–Kier alpha value is -3.65. The van der Waals surface area contributed by atoms with Crippen LogP contribution in [-0.4, -0.2) is 28.9 Å². The maximum absolute atomic E-state index is 12.8. The number of ether oxygens (including phenoxy) is 1. The first-order chi connectivity index (χ1) is 14.3. The Morgan fingerprint density at radius 1 is 1.00 bits per heavy atom. The third-order valence-electron chi connectivity index (χ3n) is 4.50. The van der Waals surface area contributed by atoms with E-state index in [0.717, 1.165) is 17.5 Å². The molecule has 3 rings (SSSR count). The van der Waals surface area contributed by atoms with Crippen LogP contribution in [0.4, 0.5) is 0 Å². The third-order valence-corrected chi connectivity index (χ3v) is 4.50. The van der Waals surface area contributed by atoms with Crippen molar-refractivity contribution in [3.8, 4) is 11.8 Å². The molecule has 0 saturated heterocycles. The van der Waals surface area contributed by atoms with Crippen LogP contribution in [0.15, 0.2) is 79.1 Å². The number of amides is 1. The number of aromatic nitrogens is 1. The molecule has 0 aliphatic rings. The van der Waals surface area contributed by atoms with Crippen molar-refractivity contribution in [2.45, 2.75) is 19.4 Å². The van der Waals surface area contributed by atoms with Crippen LogP contribution >= 0.6 is 0 Å². The molecule has 0 unspecified atom stereocenters. The van der Waals surface area contributed by atoms with Gasteiger partial charge in [0.25, 0.3) is 5.91 Å². The molecule has 1 heterocycles. The SMILES string of the molecule is N#CCCN(Cc1cccnc1)C(=O)COc1ccccc1Cc1ccccc1. The van der Waals surface area contributed by atoms with Crippen molar-refractivity contribution in [2.24, 2.45) is 0 Å². The second-order valence-corrected chi connectivity index (χ2v) is 6.64. The van der Waals surface area contributed by atoms with Crippen molar-refractivity contribution in [3.05, 3.63) is 95.8 Å². The molecule has 2 aromatic carbocycles. The van der Waals surface area contributed by atoms with Crippen molar-refractivity contribution in [1.29, 1.82) is 5.26 Å². The quantitative estimate of drug-likeness (QED) is 0.558. The highest BCUT2D eigenvalue weighted by Crippen LogP contribution is 2.21. The first-order valence-electron chi connectivity index (χ1n) is 9.54. The molecule has 0 aliphatic carbocycles. The van der Waals surface area contributed by atoms with Crippen LogP contribution in [0, 0.1) is 11.3 Å². The zero-order valence-electron chi connectivity index (χ0n) is 16.2. The lowest BCUT2D eigenvalue weighted by molar-refractivity contribution is -0.133. The van der Waals surface area contributed by atoms with E-state index in [9.17, 15) is 4.79 Å². The maximum atomic E-state index is 12.8. The summed E-state index contributed by atoms with van der Waals surface area (Å²) in [4.78, 5) is 18.5. The summed E-state index contributed by atoms with van der Waals surface area (Å²) in [5.74, 6) is 0.546. The van der Waals surface area contributed by atoms with Crippen molar-refractivity contribution in [3.63, 3.8) is 0 Å². The number of pyridine rings is 1. The summed E-state index contributed by atoms with van der Waals surface area (Å²) in [7, 11) is 0. The van der Waals surface area contributed by atoms with E-state index in [1.807, 2.05) is 54.6 Å². The van der Waals surface area contributed by atoms with E-state index in [4.69, 9.17) is 10.00 Å². The fraction of sp³-hybridized carbons (Fsp3) is 0.208. The molecule has 1 aromatic heterocycles. The van der Waals surface area contributed by atoms with E-state index < -0.39 is 0 Å². The summed E-state index contributed by atoms with van der Waals surface area (Å²) >= 11 is 0. The van der Waals surface area contributed by atoms with Gasteiger partial charge in [0.15, 0.2) is 6.61 Å². The predicted molar refractivity (Wildman–Crippen MR) is 111 cm³/mol. The summed E-state index contributed by atoms with van der Waals surface area (Å²) in [6, 6.07) is 23.7. The van der Waals surface area contributed by atoms with E-state index in [0.29, 0.717) is 18.8 Å². The predicted octanol–water partition coefficient (Wildman–Crippen LogP) is 3.99. The summed E-state index contributed by atoms with van der Waals surface area (Å²) in [6.45, 7) is 0.695. The minimum atomic E-state index is -0.154. The number of nitriles is 1. The number of rotatable bonds is 9. The molecule has 0 aliphatic heterocycles. The highest BCUT2D eigenvalue weighted by atomic mass is 16.5. The molecule has 5 heteroatoms. The molecule has 3 aromatic rings. The van der Waals surface area contributed by atoms with Gasteiger partial charge in [0, 0.05) is 31.9 Å². The van der Waals surface area contributed by atoms with Gasteiger partial charge < -0.3 is 9.64 Å². The van der Waals surface area contributed by atoms with Crippen LogP contribution in [0.25, 0.3) is 0 Å². The summed E-state index contributed by atoms with van der Waals surface area (Å²) < 4.78 is 5.88. The first kappa shape index (κ1) is 20.1. The Labute approximate surface area is 171 Å². The van der Waals surface area contributed by atoms with Crippen molar-refractivity contribution < 1.29 is 9.53 Å². The number of carbonyl (C=O) groups excluding carboxylic acids is 1. The maximum Gasteiger partial charge on any atom is 0.260 e. The average molecular weight is 385 g/mol. The summed E-state index contributed by atoms with van der Waals surface area (Å²) in [5.41, 5.74) is 3.13. The Bertz CT molecular complexity index is 953. The molecule has 0 N–H and O–H groups in total. The topological polar surface area (TPSA) is 66.2 Å². The highest BCUT2D eigenvalue weighted by Gasteiger charge is 2.15. The smallest absolute Gasteiger partial charge is 0.260 e. The van der Waals surface area contributed by atoms with Gasteiger partial charge in [0.05, 0.1) is 12.5 Å². The number of hydrogen-bond donors (Lipinski definition) is 0. The molecule has 0 radical (unpaired) electrons. The van der Waals surface area contributed by atoms with Gasteiger partial charge in [-0.25, -0.2) is 0 Å². The largest absolute Gasteiger partial charge is 0.483 e. The van der Waals surface area contributed by atoms with E-state index in [-0.39, 0.29) is 18.9 Å². The van der Waals surface area contributed by atoms with Crippen LogP contribution in [0.2, 0.25) is 0 Å². The number of nitrogens with zero attached hydrogens (tertiary/aromatic N) is 3. The minimum absolute atomic E-state index is 0.0719. The lowest BCUT2D eigenvalue weighted by Crippen LogP contribution is -2.35. The summed E-state index contributed by atoms with van der Waals surface area (Å²) in [6.07, 6.45) is 4.43. The van der Waals surface area contributed by atoms with E-state index >= 15 is 0 Å². The van der Waals surface area contributed by atoms with Crippen LogP contribution in [0.5, 0.6) is 5.75 Å². The van der Waals surface area contributed by atoms with Gasteiger partial charge in [0.1, 0.15) is 5.75 Å². The molecular weight excluding hydrogens is 362 g/mol. The Balaban J connectivity index is 1.65. The first-order valence-corrected chi connectivity index (χ1v) is 9.54. The van der Waals surface area contributed by atoms with Gasteiger partial charge in [-0.15, -0.1) is 0 Å². The summed E-state index contributed by atoms with van der Waals surface area (Å²) in [5, 5.41) is 8.92. The van der Waals surface area contributed by atoms with Gasteiger partial charge in [0.2, 0.25) is 0 Å². The fourth-order valence-corrected chi connectivity index (χ4v) is 3.03. The highest BCUT2D eigenvalue weighted by molar-refractivity contribution is 5.77. The Morgan fingerprint density at radius 2 is 1.76 bits per heavy atom. The van der Waals surface area contributed by atoms with Crippen LogP contribution in [0.1, 0.15) is 23.1 Å². The van der Waals surface area contributed by atoms with Gasteiger partial charge in [-0.05, 0) is 28.8 Å². The molecular formula is C24H23N3O2. The second kappa shape index (κ2) is 10.6. The Kier molecular flexibility index (Phi) is 7.36. The molecule has 0 atom stereocenters. The molecule has 146 valence electrons. The monoisotopic (exact) mass is 385 g/mol. The van der Waals surface area contributed by atoms with Crippen LogP contribution < -0.4 is 4.74 Å². The second-order valence-electron chi connectivity index (χ2n) is 6.64. The number of hydrogen-bond acceptors (Lipinski definition) is 4. The number of para-hydroxylation sites is 1. The van der Waals surface area contributed by atoms with Crippen molar-refractivity contribution >= 4 is 5.91 Å². The molecule has 5 nitrogen and oxygen atoms in total. The number of benzene rings is 2. The normalized spacial score (nSPS) is 10.2. The van der Waals surface area contributed by atoms with Gasteiger partial charge in [-0.1, -0.05) is 54.6 Å². The van der Waals surface area contributed by atoms with Crippen molar-refractivity contribution in [2.75, 3.05) is 13.2 Å². The molecule has 0 spiro atoms. The van der Waals surface area contributed by atoms with Gasteiger partial charge in [-0.2, -0.15) is 5.26 Å². The van der Waals surface area contributed by atoms with E-state index in [2.05, 4.69) is 23.2 Å². The molecule has 1 amide bonds. The van der Waals surface area contributed by atoms with Crippen molar-refractivity contribution in [1.82, 2.24) is 9.88 Å². The fourth-order valence-electron chi connectivity index (χ4n) is 3.03. The lowest BCUT2D eigenvalue weighted by Gasteiger charge is -2.22. The third kappa shape index (κ3) is 6.18. The zero-order valence-corrected chi connectivity index (χ0v) is 16.2. The zero-order chi connectivity index (χ0) is 20.3.